The van der Waals surface area contributed by atoms with Crippen LogP contribution in [0.5, 0.6) is 0 Å². The average molecular weight is 190 g/mol. The van der Waals surface area contributed by atoms with E-state index in [0.717, 1.165) is 12.3 Å². The number of allylic oxidation sites excluding steroid dienone is 6. The molecule has 0 nitrogen and oxygen atoms in total. The Labute approximate surface area is 88.4 Å². The second kappa shape index (κ2) is 5.85. The molecule has 0 aliphatic heterocycles. The lowest BCUT2D eigenvalue weighted by molar-refractivity contribution is 0.541. The summed E-state index contributed by atoms with van der Waals surface area (Å²) in [7, 11) is 0. The van der Waals surface area contributed by atoms with Crippen molar-refractivity contribution in [2.75, 3.05) is 0 Å². The van der Waals surface area contributed by atoms with Gasteiger partial charge in [-0.05, 0) is 44.1 Å². The van der Waals surface area contributed by atoms with E-state index in [-0.39, 0.29) is 0 Å². The summed E-state index contributed by atoms with van der Waals surface area (Å²) >= 11 is 0. The molecule has 0 aromatic rings. The van der Waals surface area contributed by atoms with E-state index in [9.17, 15) is 0 Å². The zero-order chi connectivity index (χ0) is 10.4. The molecule has 0 bridgehead atoms. The molecule has 0 N–H and O–H groups in total. The maximum absolute atomic E-state index is 2.34. The van der Waals surface area contributed by atoms with Crippen molar-refractivity contribution in [2.45, 2.75) is 46.5 Å². The number of hydrogen-bond acceptors (Lipinski definition) is 0. The molecule has 0 aromatic carbocycles. The Kier molecular flexibility index (Phi) is 4.72. The zero-order valence-corrected chi connectivity index (χ0v) is 9.72. The molecule has 1 aliphatic rings. The van der Waals surface area contributed by atoms with Gasteiger partial charge >= 0.3 is 0 Å². The van der Waals surface area contributed by atoms with Crippen molar-refractivity contribution >= 4 is 0 Å². The van der Waals surface area contributed by atoms with E-state index in [1.54, 1.807) is 11.1 Å². The molecule has 0 saturated carbocycles. The Hall–Kier alpha value is -0.780. The van der Waals surface area contributed by atoms with Gasteiger partial charge in [0.2, 0.25) is 0 Å². The van der Waals surface area contributed by atoms with E-state index in [2.05, 4.69) is 45.1 Å². The smallest absolute Gasteiger partial charge is 0.0228 e. The first-order valence-electron chi connectivity index (χ1n) is 5.78. The first-order chi connectivity index (χ1) is 6.75. The third-order valence-corrected chi connectivity index (χ3v) is 3.11. The molecule has 0 saturated heterocycles. The maximum Gasteiger partial charge on any atom is -0.0228 e. The van der Waals surface area contributed by atoms with E-state index >= 15 is 0 Å². The van der Waals surface area contributed by atoms with Gasteiger partial charge in [0.05, 0.1) is 0 Å². The van der Waals surface area contributed by atoms with E-state index in [1.807, 2.05) is 0 Å². The highest BCUT2D eigenvalue weighted by molar-refractivity contribution is 5.29. The molecule has 1 unspecified atom stereocenters. The zero-order valence-electron chi connectivity index (χ0n) is 9.72. The lowest BCUT2D eigenvalue weighted by atomic mass is 9.85. The predicted octanol–water partition coefficient (Wildman–Crippen LogP) is 4.65. The molecule has 14 heavy (non-hydrogen) atoms. The maximum atomic E-state index is 2.34. The van der Waals surface area contributed by atoms with Gasteiger partial charge in [-0.2, -0.15) is 0 Å². The van der Waals surface area contributed by atoms with Crippen LogP contribution in [-0.2, 0) is 0 Å². The summed E-state index contributed by atoms with van der Waals surface area (Å²) < 4.78 is 0. The van der Waals surface area contributed by atoms with Crippen molar-refractivity contribution < 1.29 is 0 Å². The van der Waals surface area contributed by atoms with E-state index in [1.165, 1.54) is 19.3 Å². The summed E-state index contributed by atoms with van der Waals surface area (Å²) in [5, 5.41) is 0. The topological polar surface area (TPSA) is 0 Å². The van der Waals surface area contributed by atoms with Gasteiger partial charge in [0, 0.05) is 0 Å². The molecule has 0 fully saturated rings. The van der Waals surface area contributed by atoms with Crippen LogP contribution in [0.4, 0.5) is 0 Å². The summed E-state index contributed by atoms with van der Waals surface area (Å²) in [6, 6.07) is 0. The van der Waals surface area contributed by atoms with Crippen LogP contribution in [0.15, 0.2) is 35.5 Å². The summed E-state index contributed by atoms with van der Waals surface area (Å²) in [6.07, 6.45) is 13.9. The minimum atomic E-state index is 0.790. The number of rotatable bonds is 3. The van der Waals surface area contributed by atoms with Gasteiger partial charge in [0.15, 0.2) is 0 Å². The van der Waals surface area contributed by atoms with Crippen molar-refractivity contribution in [3.63, 3.8) is 0 Å². The highest BCUT2D eigenvalue weighted by Gasteiger charge is 2.13. The molecule has 0 heteroatoms. The van der Waals surface area contributed by atoms with Gasteiger partial charge in [-0.15, -0.1) is 0 Å². The van der Waals surface area contributed by atoms with E-state index in [0.29, 0.717) is 0 Å². The van der Waals surface area contributed by atoms with Crippen LogP contribution in [0.25, 0.3) is 0 Å². The predicted molar refractivity (Wildman–Crippen MR) is 64.3 cm³/mol. The molecule has 1 atom stereocenters. The summed E-state index contributed by atoms with van der Waals surface area (Å²) in [5.41, 5.74) is 3.15. The Balaban J connectivity index is 2.62. The van der Waals surface area contributed by atoms with E-state index in [4.69, 9.17) is 0 Å². The van der Waals surface area contributed by atoms with Gasteiger partial charge in [0.1, 0.15) is 0 Å². The average Bonchev–Trinajstić information content (AvgIpc) is 2.19. The van der Waals surface area contributed by atoms with Crippen LogP contribution < -0.4 is 0 Å². The summed E-state index contributed by atoms with van der Waals surface area (Å²) in [6.45, 7) is 6.79. The standard InChI is InChI=1S/C14H22/c1-4-5-6-7-10-14-11-8-9-12(2)13(14)3/h5-7,10,12H,4,8-9,11H2,1-3H3/b6-5+,10-7-. The lowest BCUT2D eigenvalue weighted by Gasteiger charge is -2.21. The van der Waals surface area contributed by atoms with Crippen molar-refractivity contribution in [3.05, 3.63) is 35.5 Å². The Morgan fingerprint density at radius 1 is 1.36 bits per heavy atom. The minimum absolute atomic E-state index is 0.790. The van der Waals surface area contributed by atoms with Crippen molar-refractivity contribution in [3.8, 4) is 0 Å². The molecular weight excluding hydrogens is 168 g/mol. The first kappa shape index (κ1) is 11.3. The highest BCUT2D eigenvalue weighted by atomic mass is 14.2. The molecule has 0 heterocycles. The molecule has 0 spiro atoms. The molecule has 0 aromatic heterocycles. The van der Waals surface area contributed by atoms with Gasteiger partial charge in [-0.25, -0.2) is 0 Å². The third-order valence-electron chi connectivity index (χ3n) is 3.11. The highest BCUT2D eigenvalue weighted by Crippen LogP contribution is 2.29. The molecule has 1 aliphatic carbocycles. The van der Waals surface area contributed by atoms with Crippen LogP contribution in [0.1, 0.15) is 46.5 Å². The van der Waals surface area contributed by atoms with Gasteiger partial charge in [-0.1, -0.05) is 43.7 Å². The van der Waals surface area contributed by atoms with Crippen molar-refractivity contribution in [2.24, 2.45) is 5.92 Å². The quantitative estimate of drug-likeness (QED) is 0.568. The van der Waals surface area contributed by atoms with Crippen LogP contribution in [-0.4, -0.2) is 0 Å². The lowest BCUT2D eigenvalue weighted by Crippen LogP contribution is -2.05. The molecule has 78 valence electrons. The van der Waals surface area contributed by atoms with Gasteiger partial charge < -0.3 is 0 Å². The first-order valence-corrected chi connectivity index (χ1v) is 5.78. The Morgan fingerprint density at radius 2 is 2.14 bits per heavy atom. The SMILES string of the molecule is CC/C=C/C=C\C1=C(C)C(C)CCC1. The van der Waals surface area contributed by atoms with Gasteiger partial charge in [-0.3, -0.25) is 0 Å². The van der Waals surface area contributed by atoms with Crippen LogP contribution in [0.3, 0.4) is 0 Å². The number of hydrogen-bond donors (Lipinski definition) is 0. The largest absolute Gasteiger partial charge is 0.0848 e. The fourth-order valence-corrected chi connectivity index (χ4v) is 1.93. The van der Waals surface area contributed by atoms with E-state index < -0.39 is 0 Å². The minimum Gasteiger partial charge on any atom is -0.0848 e. The molecule has 0 amide bonds. The summed E-state index contributed by atoms with van der Waals surface area (Å²) in [5.74, 6) is 0.790. The molecule has 1 rings (SSSR count). The fraction of sp³-hybridized carbons (Fsp3) is 0.571. The van der Waals surface area contributed by atoms with Crippen LogP contribution >= 0.6 is 0 Å². The van der Waals surface area contributed by atoms with Crippen LogP contribution in [0, 0.1) is 5.92 Å². The second-order valence-electron chi connectivity index (χ2n) is 4.20. The molecular formula is C14H22. The fourth-order valence-electron chi connectivity index (χ4n) is 1.93. The van der Waals surface area contributed by atoms with Crippen LogP contribution in [0.2, 0.25) is 0 Å². The monoisotopic (exact) mass is 190 g/mol. The third kappa shape index (κ3) is 3.17. The normalized spacial score (nSPS) is 24.1. The van der Waals surface area contributed by atoms with Gasteiger partial charge in [0.25, 0.3) is 0 Å². The second-order valence-corrected chi connectivity index (χ2v) is 4.20. The molecule has 0 radical (unpaired) electrons. The Bertz CT molecular complexity index is 253. The Morgan fingerprint density at radius 3 is 2.86 bits per heavy atom. The van der Waals surface area contributed by atoms with Crippen molar-refractivity contribution in [1.82, 2.24) is 0 Å². The van der Waals surface area contributed by atoms with Crippen molar-refractivity contribution in [1.29, 1.82) is 0 Å². The summed E-state index contributed by atoms with van der Waals surface area (Å²) in [4.78, 5) is 0.